The maximum atomic E-state index is 12.2. The van der Waals surface area contributed by atoms with Crippen molar-refractivity contribution in [2.45, 2.75) is 0 Å². The fourth-order valence-electron chi connectivity index (χ4n) is 1.96. The molecule has 7 heteroatoms. The van der Waals surface area contributed by atoms with Crippen LogP contribution in [0.25, 0.3) is 5.69 Å². The summed E-state index contributed by atoms with van der Waals surface area (Å²) in [6, 6.07) is 16.1. The number of anilines is 2. The van der Waals surface area contributed by atoms with Crippen molar-refractivity contribution in [2.24, 2.45) is 5.84 Å². The van der Waals surface area contributed by atoms with Crippen LogP contribution in [0.1, 0.15) is 0 Å². The van der Waals surface area contributed by atoms with Crippen molar-refractivity contribution in [2.75, 3.05) is 5.01 Å². The monoisotopic (exact) mass is 313 g/mol. The van der Waals surface area contributed by atoms with E-state index in [9.17, 15) is 4.79 Å². The third-order valence-electron chi connectivity index (χ3n) is 3.05. The van der Waals surface area contributed by atoms with Crippen LogP contribution >= 0.6 is 11.6 Å². The predicted octanol–water partition coefficient (Wildman–Crippen LogP) is 2.29. The molecule has 3 rings (SSSR count). The number of para-hydroxylation sites is 2. The van der Waals surface area contributed by atoms with Crippen molar-refractivity contribution >= 4 is 23.2 Å². The normalized spacial score (nSPS) is 10.5. The van der Waals surface area contributed by atoms with Gasteiger partial charge >= 0.3 is 5.69 Å². The summed E-state index contributed by atoms with van der Waals surface area (Å²) in [5.74, 6) is 6.05. The van der Waals surface area contributed by atoms with E-state index < -0.39 is 5.69 Å². The van der Waals surface area contributed by atoms with Gasteiger partial charge < -0.3 is 0 Å². The van der Waals surface area contributed by atoms with E-state index >= 15 is 0 Å². The molecule has 0 aliphatic rings. The minimum atomic E-state index is -0.510. The number of nitrogens with two attached hydrogens (primary N) is 1. The van der Waals surface area contributed by atoms with E-state index in [1.54, 1.807) is 36.4 Å². The highest BCUT2D eigenvalue weighted by Crippen LogP contribution is 2.19. The van der Waals surface area contributed by atoms with E-state index in [2.05, 4.69) is 9.97 Å². The van der Waals surface area contributed by atoms with Gasteiger partial charge in [0.2, 0.25) is 0 Å². The Morgan fingerprint density at radius 1 is 1.05 bits per heavy atom. The number of hydrazine groups is 1. The van der Waals surface area contributed by atoms with Gasteiger partial charge in [-0.3, -0.25) is 0 Å². The second-order valence-corrected chi connectivity index (χ2v) is 4.87. The molecular formula is C15H12ClN5O. The number of hydrogen-bond acceptors (Lipinski definition) is 5. The molecule has 2 N–H and O–H groups in total. The molecule has 1 aromatic heterocycles. The fraction of sp³-hybridized carbons (Fsp3) is 0. The Labute approximate surface area is 131 Å². The van der Waals surface area contributed by atoms with Crippen molar-refractivity contribution in [1.29, 1.82) is 0 Å². The topological polar surface area (TPSA) is 77.0 Å². The van der Waals surface area contributed by atoms with E-state index in [0.717, 1.165) is 0 Å². The quantitative estimate of drug-likeness (QED) is 0.593. The molecule has 110 valence electrons. The van der Waals surface area contributed by atoms with Crippen molar-refractivity contribution in [1.82, 2.24) is 14.5 Å². The summed E-state index contributed by atoms with van der Waals surface area (Å²) < 4.78 is 1.27. The van der Waals surface area contributed by atoms with Gasteiger partial charge in [0, 0.05) is 0 Å². The zero-order chi connectivity index (χ0) is 15.5. The molecule has 0 fully saturated rings. The van der Waals surface area contributed by atoms with E-state index in [1.807, 2.05) is 18.2 Å². The summed E-state index contributed by atoms with van der Waals surface area (Å²) in [4.78, 5) is 20.2. The van der Waals surface area contributed by atoms with E-state index in [0.29, 0.717) is 16.4 Å². The molecule has 0 radical (unpaired) electrons. The summed E-state index contributed by atoms with van der Waals surface area (Å²) in [5, 5.41) is 1.69. The Bertz CT molecular complexity index is 850. The molecule has 0 unspecified atom stereocenters. The molecular weight excluding hydrogens is 302 g/mol. The summed E-state index contributed by atoms with van der Waals surface area (Å²) in [6.45, 7) is 0. The van der Waals surface area contributed by atoms with Crippen LogP contribution in [0, 0.1) is 0 Å². The first-order chi connectivity index (χ1) is 10.7. The highest BCUT2D eigenvalue weighted by Gasteiger charge is 2.11. The van der Waals surface area contributed by atoms with Crippen LogP contribution in [0.4, 0.5) is 11.6 Å². The Hall–Kier alpha value is -2.70. The summed E-state index contributed by atoms with van der Waals surface area (Å²) >= 11 is 6.08. The van der Waals surface area contributed by atoms with Crippen LogP contribution in [0.5, 0.6) is 0 Å². The lowest BCUT2D eigenvalue weighted by Gasteiger charge is -2.16. The van der Waals surface area contributed by atoms with Gasteiger partial charge in [-0.1, -0.05) is 41.9 Å². The number of nitrogens with zero attached hydrogens (tertiary/aromatic N) is 4. The van der Waals surface area contributed by atoms with Crippen LogP contribution in [0.2, 0.25) is 5.02 Å². The second kappa shape index (κ2) is 5.97. The van der Waals surface area contributed by atoms with Crippen LogP contribution in [-0.2, 0) is 0 Å². The van der Waals surface area contributed by atoms with Crippen LogP contribution in [-0.4, -0.2) is 14.5 Å². The molecule has 0 spiro atoms. The van der Waals surface area contributed by atoms with Crippen LogP contribution in [0.3, 0.4) is 0 Å². The molecule has 0 saturated carbocycles. The predicted molar refractivity (Wildman–Crippen MR) is 85.4 cm³/mol. The average molecular weight is 314 g/mol. The lowest BCUT2D eigenvalue weighted by atomic mass is 10.3. The molecule has 0 aliphatic carbocycles. The van der Waals surface area contributed by atoms with Crippen molar-refractivity contribution in [3.63, 3.8) is 0 Å². The van der Waals surface area contributed by atoms with Crippen molar-refractivity contribution < 1.29 is 0 Å². The standard InChI is InChI=1S/C15H12ClN5O/c16-12-8-4-5-9-13(12)20-10-18-14(19-15(20)22)21(17)11-6-2-1-3-7-11/h1-10H,17H2. The molecule has 0 saturated heterocycles. The van der Waals surface area contributed by atoms with Gasteiger partial charge in [0.1, 0.15) is 6.33 Å². The van der Waals surface area contributed by atoms with Gasteiger partial charge in [0.25, 0.3) is 5.95 Å². The van der Waals surface area contributed by atoms with Gasteiger partial charge in [-0.05, 0) is 24.3 Å². The van der Waals surface area contributed by atoms with Crippen molar-refractivity contribution in [3.05, 3.63) is 76.4 Å². The molecule has 0 aliphatic heterocycles. The highest BCUT2D eigenvalue weighted by molar-refractivity contribution is 6.32. The molecule has 22 heavy (non-hydrogen) atoms. The average Bonchev–Trinajstić information content (AvgIpc) is 2.56. The van der Waals surface area contributed by atoms with Crippen LogP contribution in [0.15, 0.2) is 65.7 Å². The van der Waals surface area contributed by atoms with E-state index in [4.69, 9.17) is 17.4 Å². The lowest BCUT2D eigenvalue weighted by molar-refractivity contribution is 0.833. The zero-order valence-electron chi connectivity index (χ0n) is 11.4. The SMILES string of the molecule is NN(c1ccccc1)c1ncn(-c2ccccc2Cl)c(=O)n1. The zero-order valence-corrected chi connectivity index (χ0v) is 12.2. The third kappa shape index (κ3) is 2.69. The first kappa shape index (κ1) is 14.2. The first-order valence-corrected chi connectivity index (χ1v) is 6.85. The first-order valence-electron chi connectivity index (χ1n) is 6.47. The number of halogens is 1. The number of rotatable bonds is 3. The summed E-state index contributed by atoms with van der Waals surface area (Å²) in [6.07, 6.45) is 1.36. The molecule has 3 aromatic rings. The largest absolute Gasteiger partial charge is 0.356 e. The van der Waals surface area contributed by atoms with Gasteiger partial charge in [-0.25, -0.2) is 25.2 Å². The smallest absolute Gasteiger partial charge is 0.249 e. The molecule has 1 heterocycles. The summed E-state index contributed by atoms with van der Waals surface area (Å²) in [5.41, 5.74) is 0.686. The van der Waals surface area contributed by atoms with Gasteiger partial charge in [0.15, 0.2) is 0 Å². The van der Waals surface area contributed by atoms with E-state index in [-0.39, 0.29) is 5.95 Å². The Balaban J connectivity index is 2.00. The Morgan fingerprint density at radius 2 is 1.73 bits per heavy atom. The molecule has 0 bridgehead atoms. The fourth-order valence-corrected chi connectivity index (χ4v) is 2.19. The minimum absolute atomic E-state index is 0.111. The van der Waals surface area contributed by atoms with Crippen LogP contribution < -0.4 is 16.5 Å². The summed E-state index contributed by atoms with van der Waals surface area (Å²) in [7, 11) is 0. The minimum Gasteiger partial charge on any atom is -0.249 e. The Kier molecular flexibility index (Phi) is 3.86. The molecule has 6 nitrogen and oxygen atoms in total. The number of benzene rings is 2. The molecule has 0 amide bonds. The van der Waals surface area contributed by atoms with Gasteiger partial charge in [-0.15, -0.1) is 0 Å². The third-order valence-corrected chi connectivity index (χ3v) is 3.37. The highest BCUT2D eigenvalue weighted by atomic mass is 35.5. The molecule has 2 aromatic carbocycles. The lowest BCUT2D eigenvalue weighted by Crippen LogP contribution is -2.31. The maximum Gasteiger partial charge on any atom is 0.356 e. The van der Waals surface area contributed by atoms with Gasteiger partial charge in [0.05, 0.1) is 16.4 Å². The number of aromatic nitrogens is 3. The van der Waals surface area contributed by atoms with Crippen molar-refractivity contribution in [3.8, 4) is 5.69 Å². The Morgan fingerprint density at radius 3 is 2.41 bits per heavy atom. The van der Waals surface area contributed by atoms with E-state index in [1.165, 1.54) is 15.9 Å². The second-order valence-electron chi connectivity index (χ2n) is 4.47. The number of hydrogen-bond donors (Lipinski definition) is 1. The maximum absolute atomic E-state index is 12.2. The molecule has 0 atom stereocenters. The van der Waals surface area contributed by atoms with Gasteiger partial charge in [-0.2, -0.15) is 4.98 Å².